The molecule has 0 aliphatic heterocycles. The van der Waals surface area contributed by atoms with Crippen molar-refractivity contribution in [1.29, 1.82) is 0 Å². The molecule has 0 fully saturated rings. The van der Waals surface area contributed by atoms with E-state index in [1.807, 2.05) is 0 Å². The zero-order chi connectivity index (χ0) is 16.8. The molecule has 1 heterocycles. The Hall–Kier alpha value is -3.54. The average molecular weight is 318 g/mol. The number of rotatable bonds is 2. The third-order valence-electron chi connectivity index (χ3n) is 3.97. The molecular formula is C18H10N2O4. The topological polar surface area (TPSA) is 100 Å². The number of ketones is 2. The van der Waals surface area contributed by atoms with Gasteiger partial charge in [0, 0.05) is 16.7 Å². The molecule has 1 aromatic heterocycles. The van der Waals surface area contributed by atoms with E-state index in [9.17, 15) is 14.4 Å². The summed E-state index contributed by atoms with van der Waals surface area (Å²) in [6.07, 6.45) is 0. The standard InChI is InChI=1S/C18H10N2O4/c21-15-11-3-1-2-4-12(11)16(22)14-13(15)19-17(20-14)9-5-7-10(8-6-9)18(23)24/h1-8H,(H,19,20)(H,23,24). The van der Waals surface area contributed by atoms with Crippen LogP contribution in [0.4, 0.5) is 0 Å². The first-order chi connectivity index (χ1) is 11.6. The van der Waals surface area contributed by atoms with Crippen LogP contribution in [-0.4, -0.2) is 32.6 Å². The van der Waals surface area contributed by atoms with Gasteiger partial charge in [0.1, 0.15) is 17.2 Å². The number of imidazole rings is 1. The highest BCUT2D eigenvalue weighted by molar-refractivity contribution is 6.27. The molecule has 0 bridgehead atoms. The van der Waals surface area contributed by atoms with Gasteiger partial charge in [-0.15, -0.1) is 0 Å². The van der Waals surface area contributed by atoms with E-state index in [1.54, 1.807) is 36.4 Å². The summed E-state index contributed by atoms with van der Waals surface area (Å²) in [5.74, 6) is -1.25. The highest BCUT2D eigenvalue weighted by atomic mass is 16.4. The Labute approximate surface area is 135 Å². The van der Waals surface area contributed by atoms with E-state index < -0.39 is 5.97 Å². The lowest BCUT2D eigenvalue weighted by Crippen LogP contribution is -2.20. The number of carboxylic acids is 1. The number of carboxylic acid groups (broad SMARTS) is 1. The van der Waals surface area contributed by atoms with Crippen LogP contribution in [-0.2, 0) is 0 Å². The van der Waals surface area contributed by atoms with Gasteiger partial charge in [-0.3, -0.25) is 9.59 Å². The van der Waals surface area contributed by atoms with Gasteiger partial charge in [0.05, 0.1) is 5.56 Å². The first-order valence-electron chi connectivity index (χ1n) is 7.18. The molecule has 0 unspecified atom stereocenters. The maximum atomic E-state index is 12.5. The molecular weight excluding hydrogens is 308 g/mol. The fraction of sp³-hybridized carbons (Fsp3) is 0. The minimum absolute atomic E-state index is 0.0935. The Bertz CT molecular complexity index is 963. The summed E-state index contributed by atoms with van der Waals surface area (Å²) >= 11 is 0. The van der Waals surface area contributed by atoms with E-state index in [4.69, 9.17) is 5.11 Å². The van der Waals surface area contributed by atoms with Crippen molar-refractivity contribution in [3.63, 3.8) is 0 Å². The minimum Gasteiger partial charge on any atom is -0.478 e. The predicted octanol–water partition coefficient (Wildman–Crippen LogP) is 2.55. The lowest BCUT2D eigenvalue weighted by molar-refractivity contribution is 0.0696. The summed E-state index contributed by atoms with van der Waals surface area (Å²) < 4.78 is 0. The molecule has 1 aliphatic rings. The van der Waals surface area contributed by atoms with Crippen LogP contribution in [0, 0.1) is 0 Å². The lowest BCUT2D eigenvalue weighted by Gasteiger charge is -2.11. The van der Waals surface area contributed by atoms with Crippen LogP contribution in [0.5, 0.6) is 0 Å². The molecule has 0 saturated heterocycles. The van der Waals surface area contributed by atoms with Gasteiger partial charge in [0.15, 0.2) is 0 Å². The van der Waals surface area contributed by atoms with Crippen molar-refractivity contribution in [1.82, 2.24) is 9.97 Å². The minimum atomic E-state index is -1.03. The number of H-pyrrole nitrogens is 1. The van der Waals surface area contributed by atoms with Crippen molar-refractivity contribution in [3.8, 4) is 11.4 Å². The molecule has 0 spiro atoms. The van der Waals surface area contributed by atoms with Gasteiger partial charge in [-0.25, -0.2) is 9.78 Å². The zero-order valence-corrected chi connectivity index (χ0v) is 12.2. The molecule has 6 heteroatoms. The van der Waals surface area contributed by atoms with Crippen LogP contribution in [0.3, 0.4) is 0 Å². The summed E-state index contributed by atoms with van der Waals surface area (Å²) in [6, 6.07) is 12.7. The average Bonchev–Trinajstić information content (AvgIpc) is 3.05. The third-order valence-corrected chi connectivity index (χ3v) is 3.97. The Balaban J connectivity index is 1.81. The number of aromatic nitrogens is 2. The largest absolute Gasteiger partial charge is 0.478 e. The maximum Gasteiger partial charge on any atom is 0.335 e. The molecule has 4 rings (SSSR count). The predicted molar refractivity (Wildman–Crippen MR) is 84.3 cm³/mol. The second-order valence-corrected chi connectivity index (χ2v) is 5.40. The molecule has 0 atom stereocenters. The molecule has 2 aromatic carbocycles. The highest BCUT2D eigenvalue weighted by Gasteiger charge is 2.33. The molecule has 3 aromatic rings. The summed E-state index contributed by atoms with van der Waals surface area (Å²) in [5.41, 5.74) is 1.70. The van der Waals surface area contributed by atoms with E-state index in [1.165, 1.54) is 12.1 Å². The number of carbonyl (C=O) groups excluding carboxylic acids is 2. The van der Waals surface area contributed by atoms with Gasteiger partial charge in [-0.2, -0.15) is 0 Å². The van der Waals surface area contributed by atoms with Gasteiger partial charge in [0.25, 0.3) is 0 Å². The Kier molecular flexibility index (Phi) is 2.93. The summed E-state index contributed by atoms with van der Waals surface area (Å²) in [4.78, 5) is 43.1. The second kappa shape index (κ2) is 4.99. The maximum absolute atomic E-state index is 12.5. The Morgan fingerprint density at radius 2 is 1.54 bits per heavy atom. The Morgan fingerprint density at radius 3 is 2.17 bits per heavy atom. The van der Waals surface area contributed by atoms with Gasteiger partial charge in [-0.05, 0) is 12.1 Å². The van der Waals surface area contributed by atoms with Crippen molar-refractivity contribution in [2.45, 2.75) is 0 Å². The van der Waals surface area contributed by atoms with Gasteiger partial charge in [0.2, 0.25) is 11.6 Å². The number of hydrogen-bond acceptors (Lipinski definition) is 4. The molecule has 0 saturated carbocycles. The highest BCUT2D eigenvalue weighted by Crippen LogP contribution is 2.28. The quantitative estimate of drug-likeness (QED) is 0.591. The Morgan fingerprint density at radius 1 is 0.917 bits per heavy atom. The first kappa shape index (κ1) is 14.1. The van der Waals surface area contributed by atoms with Crippen LogP contribution < -0.4 is 0 Å². The van der Waals surface area contributed by atoms with Crippen LogP contribution in [0.1, 0.15) is 42.5 Å². The number of benzene rings is 2. The number of fused-ring (bicyclic) bond motifs is 2. The van der Waals surface area contributed by atoms with Crippen LogP contribution >= 0.6 is 0 Å². The molecule has 116 valence electrons. The van der Waals surface area contributed by atoms with Gasteiger partial charge < -0.3 is 10.1 Å². The SMILES string of the molecule is O=C(O)c1ccc(-c2nc3c([nH]2)C(=O)c2ccccc2C3=O)cc1. The summed E-state index contributed by atoms with van der Waals surface area (Å²) in [6.45, 7) is 0. The van der Waals surface area contributed by atoms with Crippen molar-refractivity contribution >= 4 is 17.5 Å². The van der Waals surface area contributed by atoms with Crippen molar-refractivity contribution in [2.24, 2.45) is 0 Å². The number of carbonyl (C=O) groups is 3. The second-order valence-electron chi connectivity index (χ2n) is 5.40. The third kappa shape index (κ3) is 1.97. The van der Waals surface area contributed by atoms with E-state index in [2.05, 4.69) is 9.97 Å². The molecule has 0 amide bonds. The van der Waals surface area contributed by atoms with Crippen molar-refractivity contribution in [3.05, 3.63) is 76.6 Å². The molecule has 6 nitrogen and oxygen atoms in total. The lowest BCUT2D eigenvalue weighted by atomic mass is 9.90. The number of nitrogens with one attached hydrogen (secondary N) is 1. The number of hydrogen-bond donors (Lipinski definition) is 2. The van der Waals surface area contributed by atoms with Crippen LogP contribution in [0.25, 0.3) is 11.4 Å². The van der Waals surface area contributed by atoms with Crippen molar-refractivity contribution in [2.75, 3.05) is 0 Å². The fourth-order valence-electron chi connectivity index (χ4n) is 2.75. The van der Waals surface area contributed by atoms with E-state index in [0.717, 1.165) is 0 Å². The van der Waals surface area contributed by atoms with Gasteiger partial charge in [-0.1, -0.05) is 36.4 Å². The van der Waals surface area contributed by atoms with Crippen LogP contribution in [0.15, 0.2) is 48.5 Å². The monoisotopic (exact) mass is 318 g/mol. The summed E-state index contributed by atoms with van der Waals surface area (Å²) in [7, 11) is 0. The summed E-state index contributed by atoms with van der Waals surface area (Å²) in [5, 5.41) is 8.94. The smallest absolute Gasteiger partial charge is 0.335 e. The molecule has 2 N–H and O–H groups in total. The van der Waals surface area contributed by atoms with Crippen molar-refractivity contribution < 1.29 is 19.5 Å². The fourth-order valence-corrected chi connectivity index (χ4v) is 2.75. The van der Waals surface area contributed by atoms with Crippen LogP contribution in [0.2, 0.25) is 0 Å². The van der Waals surface area contributed by atoms with Gasteiger partial charge >= 0.3 is 5.97 Å². The number of aromatic carboxylic acids is 1. The van der Waals surface area contributed by atoms with E-state index >= 15 is 0 Å². The normalized spacial score (nSPS) is 12.7. The van der Waals surface area contributed by atoms with E-state index in [-0.39, 0.29) is 28.5 Å². The number of nitrogens with zero attached hydrogens (tertiary/aromatic N) is 1. The molecule has 0 radical (unpaired) electrons. The number of aromatic amines is 1. The van der Waals surface area contributed by atoms with E-state index in [0.29, 0.717) is 22.5 Å². The zero-order valence-electron chi connectivity index (χ0n) is 12.2. The molecule has 24 heavy (non-hydrogen) atoms. The first-order valence-corrected chi connectivity index (χ1v) is 7.18. The molecule has 1 aliphatic carbocycles.